The van der Waals surface area contributed by atoms with Crippen molar-refractivity contribution in [2.45, 2.75) is 64.0 Å². The number of aryl methyl sites for hydroxylation is 3. The molecule has 1 fully saturated rings. The van der Waals surface area contributed by atoms with E-state index in [1.165, 1.54) is 16.9 Å². The van der Waals surface area contributed by atoms with Crippen molar-refractivity contribution in [3.63, 3.8) is 0 Å². The lowest BCUT2D eigenvalue weighted by molar-refractivity contribution is -0.122. The average Bonchev–Trinajstić information content (AvgIpc) is 3.25. The SMILES string of the molecule is Cl.NCC1CCCC1NC(=O)CCn1cnc2sc3c(c2c1=O)CCCC3. The van der Waals surface area contributed by atoms with E-state index in [0.717, 1.165) is 48.7 Å². The number of thiophene rings is 1. The Morgan fingerprint density at radius 3 is 2.93 bits per heavy atom. The zero-order valence-corrected chi connectivity index (χ0v) is 17.0. The van der Waals surface area contributed by atoms with Gasteiger partial charge in [0.25, 0.3) is 5.56 Å². The van der Waals surface area contributed by atoms with Gasteiger partial charge in [0.05, 0.1) is 11.7 Å². The number of nitrogens with zero attached hydrogens (tertiary/aromatic N) is 2. The van der Waals surface area contributed by atoms with Gasteiger partial charge >= 0.3 is 0 Å². The van der Waals surface area contributed by atoms with Crippen molar-refractivity contribution in [1.82, 2.24) is 14.9 Å². The van der Waals surface area contributed by atoms with Crippen molar-refractivity contribution >= 4 is 39.9 Å². The van der Waals surface area contributed by atoms with Crippen molar-refractivity contribution in [3.8, 4) is 0 Å². The Bertz CT molecular complexity index is 878. The molecule has 0 radical (unpaired) electrons. The molecule has 1 saturated carbocycles. The van der Waals surface area contributed by atoms with E-state index in [1.807, 2.05) is 0 Å². The van der Waals surface area contributed by atoms with Crippen LogP contribution in [0.4, 0.5) is 0 Å². The van der Waals surface area contributed by atoms with Gasteiger partial charge in [0.15, 0.2) is 0 Å². The van der Waals surface area contributed by atoms with E-state index in [2.05, 4.69) is 10.3 Å². The lowest BCUT2D eigenvalue weighted by Crippen LogP contribution is -2.40. The van der Waals surface area contributed by atoms with Crippen molar-refractivity contribution < 1.29 is 4.79 Å². The summed E-state index contributed by atoms with van der Waals surface area (Å²) in [6, 6.07) is 0.189. The van der Waals surface area contributed by atoms with Gasteiger partial charge in [0, 0.05) is 23.9 Å². The molecule has 1 amide bonds. The minimum atomic E-state index is -0.00491. The maximum atomic E-state index is 12.9. The number of hydrogen-bond acceptors (Lipinski definition) is 5. The van der Waals surface area contributed by atoms with Crippen molar-refractivity contribution in [2.24, 2.45) is 11.7 Å². The number of nitrogens with two attached hydrogens (primary N) is 1. The molecule has 2 aromatic heterocycles. The number of aromatic nitrogens is 2. The van der Waals surface area contributed by atoms with E-state index in [-0.39, 0.29) is 29.9 Å². The van der Waals surface area contributed by atoms with E-state index < -0.39 is 0 Å². The Morgan fingerprint density at radius 2 is 2.11 bits per heavy atom. The second kappa shape index (κ2) is 8.71. The fourth-order valence-corrected chi connectivity index (χ4v) is 5.57. The van der Waals surface area contributed by atoms with Gasteiger partial charge in [-0.15, -0.1) is 23.7 Å². The minimum absolute atomic E-state index is 0. The predicted molar refractivity (Wildman–Crippen MR) is 111 cm³/mol. The van der Waals surface area contributed by atoms with E-state index in [0.29, 0.717) is 25.4 Å². The van der Waals surface area contributed by atoms with E-state index >= 15 is 0 Å². The smallest absolute Gasteiger partial charge is 0.262 e. The number of carbonyl (C=O) groups is 1. The van der Waals surface area contributed by atoms with Gasteiger partial charge in [0.1, 0.15) is 4.83 Å². The number of carbonyl (C=O) groups excluding carboxylic acids is 1. The Morgan fingerprint density at radius 1 is 1.30 bits per heavy atom. The molecule has 0 spiro atoms. The van der Waals surface area contributed by atoms with E-state index in [4.69, 9.17) is 5.73 Å². The average molecular weight is 411 g/mol. The number of nitrogens with one attached hydrogen (secondary N) is 1. The maximum absolute atomic E-state index is 12.9. The number of rotatable bonds is 5. The standard InChI is InChI=1S/C19H26N4O2S.ClH/c20-10-12-4-3-6-14(12)22-16(24)8-9-23-11-21-18-17(19(23)25)13-5-1-2-7-15(13)26-18;/h11-12,14H,1-10,20H2,(H,22,24);1H. The van der Waals surface area contributed by atoms with Crippen molar-refractivity contribution in [1.29, 1.82) is 0 Å². The molecule has 0 saturated heterocycles. The van der Waals surface area contributed by atoms with Gasteiger partial charge in [-0.2, -0.15) is 0 Å². The van der Waals surface area contributed by atoms with Gasteiger partial charge in [-0.1, -0.05) is 6.42 Å². The number of halogens is 1. The summed E-state index contributed by atoms with van der Waals surface area (Å²) < 4.78 is 1.60. The van der Waals surface area contributed by atoms with E-state index in [1.54, 1.807) is 22.2 Å². The first kappa shape index (κ1) is 20.3. The first-order valence-electron chi connectivity index (χ1n) is 9.66. The third kappa shape index (κ3) is 4.05. The molecule has 0 bridgehead atoms. The van der Waals surface area contributed by atoms with Crippen LogP contribution >= 0.6 is 23.7 Å². The normalized spacial score (nSPS) is 21.7. The molecule has 2 atom stereocenters. The van der Waals surface area contributed by atoms with Crippen LogP contribution in [0.3, 0.4) is 0 Å². The second-order valence-corrected chi connectivity index (χ2v) is 8.57. The highest BCUT2D eigenvalue weighted by atomic mass is 35.5. The Kier molecular flexibility index (Phi) is 6.55. The molecular formula is C19H27ClN4O2S. The van der Waals surface area contributed by atoms with E-state index in [9.17, 15) is 9.59 Å². The summed E-state index contributed by atoms with van der Waals surface area (Å²) in [6.07, 6.45) is 9.47. The zero-order chi connectivity index (χ0) is 18.1. The van der Waals surface area contributed by atoms with Gasteiger partial charge < -0.3 is 11.1 Å². The maximum Gasteiger partial charge on any atom is 0.262 e. The van der Waals surface area contributed by atoms with Crippen LogP contribution in [0.5, 0.6) is 0 Å². The van der Waals surface area contributed by atoms with Gasteiger partial charge in [-0.05, 0) is 56.6 Å². The van der Waals surface area contributed by atoms with Crippen LogP contribution in [0.15, 0.2) is 11.1 Å². The fraction of sp³-hybridized carbons (Fsp3) is 0.632. The van der Waals surface area contributed by atoms with Crippen molar-refractivity contribution in [3.05, 3.63) is 27.1 Å². The molecule has 2 aromatic rings. The zero-order valence-electron chi connectivity index (χ0n) is 15.4. The van der Waals surface area contributed by atoms with Crippen LogP contribution in [-0.2, 0) is 24.2 Å². The molecule has 3 N–H and O–H groups in total. The molecule has 2 aliphatic carbocycles. The van der Waals surface area contributed by atoms with Crippen LogP contribution < -0.4 is 16.6 Å². The highest BCUT2D eigenvalue weighted by Gasteiger charge is 2.27. The van der Waals surface area contributed by atoms with Crippen LogP contribution in [0.2, 0.25) is 0 Å². The Balaban J connectivity index is 0.00000210. The highest BCUT2D eigenvalue weighted by Crippen LogP contribution is 2.33. The molecule has 6 nitrogen and oxygen atoms in total. The summed E-state index contributed by atoms with van der Waals surface area (Å²) >= 11 is 1.66. The summed E-state index contributed by atoms with van der Waals surface area (Å²) in [6.45, 7) is 0.993. The van der Waals surface area contributed by atoms with Crippen LogP contribution in [0.1, 0.15) is 49.0 Å². The van der Waals surface area contributed by atoms with Gasteiger partial charge in [-0.25, -0.2) is 4.98 Å². The summed E-state index contributed by atoms with van der Waals surface area (Å²) in [5.74, 6) is 0.381. The van der Waals surface area contributed by atoms with Gasteiger partial charge in [-0.3, -0.25) is 14.2 Å². The first-order valence-corrected chi connectivity index (χ1v) is 10.5. The fourth-order valence-electron chi connectivity index (χ4n) is 4.35. The lowest BCUT2D eigenvalue weighted by Gasteiger charge is -2.19. The number of hydrogen-bond donors (Lipinski definition) is 2. The first-order chi connectivity index (χ1) is 12.7. The number of fused-ring (bicyclic) bond motifs is 3. The Hall–Kier alpha value is -1.44. The summed E-state index contributed by atoms with van der Waals surface area (Å²) in [5, 5.41) is 3.88. The highest BCUT2D eigenvalue weighted by molar-refractivity contribution is 7.18. The van der Waals surface area contributed by atoms with Crippen molar-refractivity contribution in [2.75, 3.05) is 6.54 Å². The molecule has 0 aliphatic heterocycles. The molecule has 8 heteroatoms. The molecule has 4 rings (SSSR count). The lowest BCUT2D eigenvalue weighted by atomic mass is 9.97. The molecular weight excluding hydrogens is 384 g/mol. The monoisotopic (exact) mass is 410 g/mol. The largest absolute Gasteiger partial charge is 0.353 e. The molecule has 2 heterocycles. The minimum Gasteiger partial charge on any atom is -0.353 e. The summed E-state index contributed by atoms with van der Waals surface area (Å²) in [5.41, 5.74) is 6.98. The Labute approximate surface area is 169 Å². The quantitative estimate of drug-likeness (QED) is 0.791. The molecule has 148 valence electrons. The van der Waals surface area contributed by atoms with Crippen LogP contribution in [-0.4, -0.2) is 28.0 Å². The summed E-state index contributed by atoms with van der Waals surface area (Å²) in [7, 11) is 0. The molecule has 0 aromatic carbocycles. The van der Waals surface area contributed by atoms with Crippen LogP contribution in [0, 0.1) is 5.92 Å². The predicted octanol–water partition coefficient (Wildman–Crippen LogP) is 2.39. The molecule has 2 unspecified atom stereocenters. The molecule has 2 aliphatic rings. The molecule has 27 heavy (non-hydrogen) atoms. The third-order valence-electron chi connectivity index (χ3n) is 5.83. The van der Waals surface area contributed by atoms with Crippen LogP contribution in [0.25, 0.3) is 10.2 Å². The topological polar surface area (TPSA) is 90.0 Å². The third-order valence-corrected chi connectivity index (χ3v) is 7.03. The second-order valence-electron chi connectivity index (χ2n) is 7.48. The number of amides is 1. The van der Waals surface area contributed by atoms with Gasteiger partial charge in [0.2, 0.25) is 5.91 Å². The summed E-state index contributed by atoms with van der Waals surface area (Å²) in [4.78, 5) is 31.9.